The van der Waals surface area contributed by atoms with Crippen molar-refractivity contribution in [3.63, 3.8) is 0 Å². The summed E-state index contributed by atoms with van der Waals surface area (Å²) >= 11 is 0. The van der Waals surface area contributed by atoms with E-state index in [1.165, 1.54) is 0 Å². The van der Waals surface area contributed by atoms with E-state index in [1.807, 2.05) is 6.08 Å². The third kappa shape index (κ3) is 3.51. The van der Waals surface area contributed by atoms with Gasteiger partial charge in [-0.05, 0) is 25.8 Å². The zero-order valence-electron chi connectivity index (χ0n) is 12.1. The minimum absolute atomic E-state index is 0.0759. The summed E-state index contributed by atoms with van der Waals surface area (Å²) in [6, 6.07) is 1.72. The van der Waals surface area contributed by atoms with Crippen LogP contribution in [0.1, 0.15) is 35.5 Å². The summed E-state index contributed by atoms with van der Waals surface area (Å²) in [5, 5.41) is 13.6. The zero-order chi connectivity index (χ0) is 14.7. The number of aliphatic hydroxyl groups excluding tert-OH is 1. The van der Waals surface area contributed by atoms with Crippen molar-refractivity contribution in [1.82, 2.24) is 15.0 Å². The largest absolute Gasteiger partial charge is 0.392 e. The molecule has 0 saturated carbocycles. The average molecular weight is 291 g/mol. The van der Waals surface area contributed by atoms with E-state index in [0.717, 1.165) is 32.4 Å². The average Bonchev–Trinajstić information content (AvgIpc) is 2.96. The third-order valence-electron chi connectivity index (χ3n) is 3.98. The number of amides is 1. The van der Waals surface area contributed by atoms with Gasteiger partial charge in [0.1, 0.15) is 0 Å². The van der Waals surface area contributed by atoms with Crippen molar-refractivity contribution in [1.29, 1.82) is 0 Å². The Kier molecular flexibility index (Phi) is 4.36. The highest BCUT2D eigenvalue weighted by Crippen LogP contribution is 2.15. The van der Waals surface area contributed by atoms with Crippen LogP contribution in [0.2, 0.25) is 0 Å². The van der Waals surface area contributed by atoms with E-state index < -0.39 is 0 Å². The molecule has 1 N–H and O–H groups in total. The second-order valence-corrected chi connectivity index (χ2v) is 5.72. The molecule has 0 aliphatic carbocycles. The lowest BCUT2D eigenvalue weighted by atomic mass is 10.1. The molecule has 1 saturated heterocycles. The Morgan fingerprint density at radius 3 is 3.10 bits per heavy atom. The van der Waals surface area contributed by atoms with Crippen molar-refractivity contribution in [3.8, 4) is 0 Å². The molecule has 1 aromatic heterocycles. The van der Waals surface area contributed by atoms with E-state index in [1.54, 1.807) is 11.0 Å². The Morgan fingerprint density at radius 2 is 2.33 bits per heavy atom. The molecule has 0 radical (unpaired) electrons. The van der Waals surface area contributed by atoms with E-state index in [-0.39, 0.29) is 12.0 Å². The summed E-state index contributed by atoms with van der Waals surface area (Å²) in [5.41, 5.74) is 0.373. The van der Waals surface area contributed by atoms with Gasteiger partial charge in [0.2, 0.25) is 0 Å². The number of likely N-dealkylation sites (tertiary alicyclic amines) is 1. The first-order chi connectivity index (χ1) is 10.2. The molecular weight excluding hydrogens is 270 g/mol. The maximum Gasteiger partial charge on any atom is 0.276 e. The van der Waals surface area contributed by atoms with Crippen LogP contribution < -0.4 is 0 Å². The second-order valence-electron chi connectivity index (χ2n) is 5.72. The molecule has 3 rings (SSSR count). The SMILES string of the molecule is O=C(c1cc(CN2CCCC(O)C2)on1)N1CC=CCC1. The number of nitrogens with zero attached hydrogens (tertiary/aromatic N) is 3. The quantitative estimate of drug-likeness (QED) is 0.842. The number of carbonyl (C=O) groups excluding carboxylic acids is 1. The maximum atomic E-state index is 12.3. The number of hydrogen-bond acceptors (Lipinski definition) is 5. The summed E-state index contributed by atoms with van der Waals surface area (Å²) < 4.78 is 5.28. The highest BCUT2D eigenvalue weighted by atomic mass is 16.5. The number of β-amino-alcohol motifs (C(OH)–C–C–N with tert-alkyl or cyclic N) is 1. The summed E-state index contributed by atoms with van der Waals surface area (Å²) in [7, 11) is 0. The molecule has 0 aromatic carbocycles. The van der Waals surface area contributed by atoms with Crippen LogP contribution in [0.15, 0.2) is 22.7 Å². The molecule has 114 valence electrons. The third-order valence-corrected chi connectivity index (χ3v) is 3.98. The van der Waals surface area contributed by atoms with E-state index in [0.29, 0.717) is 31.1 Å². The van der Waals surface area contributed by atoms with E-state index in [9.17, 15) is 9.90 Å². The predicted octanol–water partition coefficient (Wildman–Crippen LogP) is 1.03. The monoisotopic (exact) mass is 291 g/mol. The standard InChI is InChI=1S/C15H21N3O3/c19-12-5-4-6-17(10-12)11-13-9-14(16-21-13)15(20)18-7-2-1-3-8-18/h1-2,9,12,19H,3-8,10-11H2. The number of rotatable bonds is 3. The van der Waals surface area contributed by atoms with Crippen LogP contribution >= 0.6 is 0 Å². The van der Waals surface area contributed by atoms with Crippen molar-refractivity contribution in [3.05, 3.63) is 29.7 Å². The molecular formula is C15H21N3O3. The fraction of sp³-hybridized carbons (Fsp3) is 0.600. The Balaban J connectivity index is 1.60. The van der Waals surface area contributed by atoms with Crippen molar-refractivity contribution in [2.24, 2.45) is 0 Å². The maximum absolute atomic E-state index is 12.3. The van der Waals surface area contributed by atoms with E-state index in [2.05, 4.69) is 16.1 Å². The van der Waals surface area contributed by atoms with Gasteiger partial charge in [-0.15, -0.1) is 0 Å². The Labute approximate surface area is 124 Å². The number of carbonyl (C=O) groups is 1. The first kappa shape index (κ1) is 14.3. The van der Waals surface area contributed by atoms with Crippen molar-refractivity contribution < 1.29 is 14.4 Å². The molecule has 1 fully saturated rings. The topological polar surface area (TPSA) is 69.8 Å². The highest BCUT2D eigenvalue weighted by molar-refractivity contribution is 5.92. The highest BCUT2D eigenvalue weighted by Gasteiger charge is 2.22. The van der Waals surface area contributed by atoms with Gasteiger partial charge < -0.3 is 14.5 Å². The van der Waals surface area contributed by atoms with Crippen molar-refractivity contribution in [2.45, 2.75) is 31.9 Å². The van der Waals surface area contributed by atoms with Crippen LogP contribution in [0, 0.1) is 0 Å². The number of aliphatic hydroxyl groups is 1. The van der Waals surface area contributed by atoms with Crippen molar-refractivity contribution in [2.75, 3.05) is 26.2 Å². The minimum Gasteiger partial charge on any atom is -0.392 e. The minimum atomic E-state index is -0.261. The number of hydrogen-bond donors (Lipinski definition) is 1. The van der Waals surface area contributed by atoms with Gasteiger partial charge in [-0.2, -0.15) is 0 Å². The van der Waals surface area contributed by atoms with Crippen LogP contribution in [-0.2, 0) is 6.54 Å². The molecule has 1 atom stereocenters. The smallest absolute Gasteiger partial charge is 0.276 e. The van der Waals surface area contributed by atoms with Gasteiger partial charge in [0.05, 0.1) is 12.6 Å². The summed E-state index contributed by atoms with van der Waals surface area (Å²) in [5.74, 6) is 0.605. The molecule has 2 aliphatic heterocycles. The summed E-state index contributed by atoms with van der Waals surface area (Å²) in [4.78, 5) is 16.2. The lowest BCUT2D eigenvalue weighted by Crippen LogP contribution is -2.37. The number of aromatic nitrogens is 1. The van der Waals surface area contributed by atoms with Gasteiger partial charge in [-0.1, -0.05) is 17.3 Å². The van der Waals surface area contributed by atoms with Gasteiger partial charge >= 0.3 is 0 Å². The van der Waals surface area contributed by atoms with Crippen LogP contribution in [0.3, 0.4) is 0 Å². The molecule has 1 amide bonds. The van der Waals surface area contributed by atoms with Gasteiger partial charge in [0, 0.05) is 25.7 Å². The zero-order valence-corrected chi connectivity index (χ0v) is 12.1. The lowest BCUT2D eigenvalue weighted by Gasteiger charge is -2.28. The van der Waals surface area contributed by atoms with Gasteiger partial charge in [0.25, 0.3) is 5.91 Å². The molecule has 21 heavy (non-hydrogen) atoms. The second kappa shape index (κ2) is 6.41. The van der Waals surface area contributed by atoms with Crippen LogP contribution in [0.25, 0.3) is 0 Å². The molecule has 2 aliphatic rings. The Hall–Kier alpha value is -1.66. The molecule has 3 heterocycles. The van der Waals surface area contributed by atoms with Gasteiger partial charge in [-0.25, -0.2) is 0 Å². The number of piperidine rings is 1. The van der Waals surface area contributed by atoms with Gasteiger partial charge in [0.15, 0.2) is 11.5 Å². The first-order valence-corrected chi connectivity index (χ1v) is 7.52. The molecule has 1 aromatic rings. The molecule has 6 nitrogen and oxygen atoms in total. The molecule has 1 unspecified atom stereocenters. The summed E-state index contributed by atoms with van der Waals surface area (Å²) in [6.07, 6.45) is 6.56. The summed E-state index contributed by atoms with van der Waals surface area (Å²) in [6.45, 7) is 3.56. The molecule has 6 heteroatoms. The van der Waals surface area contributed by atoms with Gasteiger partial charge in [-0.3, -0.25) is 9.69 Å². The molecule has 0 bridgehead atoms. The predicted molar refractivity (Wildman–Crippen MR) is 76.7 cm³/mol. The first-order valence-electron chi connectivity index (χ1n) is 7.52. The normalized spacial score (nSPS) is 23.5. The lowest BCUT2D eigenvalue weighted by molar-refractivity contribution is 0.0622. The van der Waals surface area contributed by atoms with E-state index >= 15 is 0 Å². The fourth-order valence-corrected chi connectivity index (χ4v) is 2.87. The fourth-order valence-electron chi connectivity index (χ4n) is 2.87. The van der Waals surface area contributed by atoms with Crippen LogP contribution in [0.5, 0.6) is 0 Å². The molecule has 0 spiro atoms. The van der Waals surface area contributed by atoms with Crippen LogP contribution in [-0.4, -0.2) is 58.3 Å². The van der Waals surface area contributed by atoms with E-state index in [4.69, 9.17) is 4.52 Å². The van der Waals surface area contributed by atoms with Crippen LogP contribution in [0.4, 0.5) is 0 Å². The van der Waals surface area contributed by atoms with Crippen molar-refractivity contribution >= 4 is 5.91 Å². The Morgan fingerprint density at radius 1 is 1.43 bits per heavy atom. The Bertz CT molecular complexity index is 526.